The lowest BCUT2D eigenvalue weighted by Crippen LogP contribution is -2.50. The number of amides is 2. The van der Waals surface area contributed by atoms with Gasteiger partial charge in [0.15, 0.2) is 0 Å². The fourth-order valence-electron chi connectivity index (χ4n) is 2.49. The monoisotopic (exact) mass is 300 g/mol. The number of aliphatic carboxylic acids is 1. The van der Waals surface area contributed by atoms with Gasteiger partial charge in [-0.2, -0.15) is 11.8 Å². The van der Waals surface area contributed by atoms with Crippen molar-refractivity contribution in [3.05, 3.63) is 12.7 Å². The van der Waals surface area contributed by atoms with Gasteiger partial charge in [-0.3, -0.25) is 0 Å². The van der Waals surface area contributed by atoms with Crippen LogP contribution in [0.15, 0.2) is 12.7 Å². The molecule has 0 radical (unpaired) electrons. The van der Waals surface area contributed by atoms with Crippen LogP contribution in [0.25, 0.3) is 0 Å². The Hall–Kier alpha value is -1.17. The number of thioether (sulfide) groups is 1. The van der Waals surface area contributed by atoms with Gasteiger partial charge in [-0.05, 0) is 25.5 Å². The van der Waals surface area contributed by atoms with E-state index in [1.807, 2.05) is 0 Å². The molecule has 2 amide bonds. The summed E-state index contributed by atoms with van der Waals surface area (Å²) in [6.45, 7) is 4.08. The van der Waals surface area contributed by atoms with Crippen LogP contribution in [0, 0.1) is 0 Å². The number of carboxylic acids is 1. The number of rotatable bonds is 7. The minimum Gasteiger partial charge on any atom is -0.480 e. The molecule has 0 aliphatic heterocycles. The Labute approximate surface area is 124 Å². The van der Waals surface area contributed by atoms with Crippen LogP contribution in [-0.4, -0.2) is 40.7 Å². The molecule has 0 saturated heterocycles. The summed E-state index contributed by atoms with van der Waals surface area (Å²) in [6, 6.07) is -1.33. The molecule has 1 aliphatic carbocycles. The van der Waals surface area contributed by atoms with Gasteiger partial charge in [0.05, 0.1) is 0 Å². The zero-order chi connectivity index (χ0) is 15.0. The van der Waals surface area contributed by atoms with Crippen molar-refractivity contribution in [1.29, 1.82) is 0 Å². The van der Waals surface area contributed by atoms with Crippen molar-refractivity contribution in [2.75, 3.05) is 12.8 Å². The highest BCUT2D eigenvalue weighted by molar-refractivity contribution is 8.00. The third-order valence-corrected chi connectivity index (χ3v) is 5.19. The van der Waals surface area contributed by atoms with Gasteiger partial charge < -0.3 is 15.7 Å². The van der Waals surface area contributed by atoms with Crippen molar-refractivity contribution in [3.63, 3.8) is 0 Å². The van der Waals surface area contributed by atoms with Crippen LogP contribution in [0.3, 0.4) is 0 Å². The number of urea groups is 1. The molecule has 1 rings (SSSR count). The first-order chi connectivity index (χ1) is 9.53. The Morgan fingerprint density at radius 1 is 1.40 bits per heavy atom. The van der Waals surface area contributed by atoms with Crippen molar-refractivity contribution in [2.24, 2.45) is 0 Å². The molecular formula is C14H24N2O3S. The predicted molar refractivity (Wildman–Crippen MR) is 82.1 cm³/mol. The van der Waals surface area contributed by atoms with Crippen LogP contribution in [0.2, 0.25) is 0 Å². The van der Waals surface area contributed by atoms with Crippen LogP contribution < -0.4 is 10.6 Å². The summed E-state index contributed by atoms with van der Waals surface area (Å²) in [6.07, 6.45) is 9.63. The number of nitrogens with one attached hydrogen (secondary N) is 2. The molecule has 20 heavy (non-hydrogen) atoms. The van der Waals surface area contributed by atoms with E-state index in [1.165, 1.54) is 25.3 Å². The van der Waals surface area contributed by atoms with Gasteiger partial charge in [-0.25, -0.2) is 9.59 Å². The average molecular weight is 300 g/mol. The van der Waals surface area contributed by atoms with Crippen LogP contribution in [-0.2, 0) is 4.79 Å². The molecule has 0 heterocycles. The van der Waals surface area contributed by atoms with E-state index >= 15 is 0 Å². The maximum absolute atomic E-state index is 11.8. The fraction of sp³-hybridized carbons (Fsp3) is 0.714. The van der Waals surface area contributed by atoms with Gasteiger partial charge in [0.25, 0.3) is 0 Å². The zero-order valence-corrected chi connectivity index (χ0v) is 12.8. The summed E-state index contributed by atoms with van der Waals surface area (Å²) in [5, 5.41) is 14.3. The van der Waals surface area contributed by atoms with Gasteiger partial charge >= 0.3 is 12.0 Å². The van der Waals surface area contributed by atoms with E-state index in [2.05, 4.69) is 23.5 Å². The smallest absolute Gasteiger partial charge is 0.326 e. The summed E-state index contributed by atoms with van der Waals surface area (Å²) in [4.78, 5) is 22.8. The summed E-state index contributed by atoms with van der Waals surface area (Å²) >= 11 is 1.80. The molecule has 1 aliphatic rings. The highest BCUT2D eigenvalue weighted by Gasteiger charge is 2.31. The lowest BCUT2D eigenvalue weighted by molar-refractivity contribution is -0.139. The van der Waals surface area contributed by atoms with E-state index in [0.29, 0.717) is 6.54 Å². The lowest BCUT2D eigenvalue weighted by atomic mass is 9.88. The third kappa shape index (κ3) is 5.07. The second kappa shape index (κ2) is 8.19. The Morgan fingerprint density at radius 3 is 2.55 bits per heavy atom. The summed E-state index contributed by atoms with van der Waals surface area (Å²) < 4.78 is 0.104. The Kier molecular flexibility index (Phi) is 6.91. The molecule has 3 N–H and O–H groups in total. The van der Waals surface area contributed by atoms with Crippen LogP contribution >= 0.6 is 11.8 Å². The van der Waals surface area contributed by atoms with Crippen LogP contribution in [0.5, 0.6) is 0 Å². The largest absolute Gasteiger partial charge is 0.480 e. The SMILES string of the molecule is C=CCC(NC(=O)NCC1(SC)CCCCC1)C(=O)O. The second-order valence-electron chi connectivity index (χ2n) is 5.19. The first-order valence-corrected chi connectivity index (χ1v) is 8.19. The van der Waals surface area contributed by atoms with Crippen molar-refractivity contribution < 1.29 is 14.7 Å². The maximum atomic E-state index is 11.8. The predicted octanol–water partition coefficient (Wildman–Crippen LogP) is 2.38. The Bertz CT molecular complexity index is 354. The minimum absolute atomic E-state index is 0.104. The molecule has 1 unspecified atom stereocenters. The molecule has 0 aromatic rings. The summed E-state index contributed by atoms with van der Waals surface area (Å²) in [5.74, 6) is -1.04. The van der Waals surface area contributed by atoms with E-state index in [4.69, 9.17) is 5.11 Å². The van der Waals surface area contributed by atoms with Gasteiger partial charge in [-0.15, -0.1) is 6.58 Å². The van der Waals surface area contributed by atoms with E-state index in [1.54, 1.807) is 11.8 Å². The number of carboxylic acid groups (broad SMARTS) is 1. The number of hydrogen-bond donors (Lipinski definition) is 3. The van der Waals surface area contributed by atoms with Gasteiger partial charge in [0.1, 0.15) is 6.04 Å². The van der Waals surface area contributed by atoms with E-state index in [9.17, 15) is 9.59 Å². The van der Waals surface area contributed by atoms with Crippen molar-refractivity contribution in [3.8, 4) is 0 Å². The minimum atomic E-state index is -1.04. The van der Waals surface area contributed by atoms with E-state index < -0.39 is 18.0 Å². The first-order valence-electron chi connectivity index (χ1n) is 6.96. The molecule has 0 bridgehead atoms. The maximum Gasteiger partial charge on any atom is 0.326 e. The van der Waals surface area contributed by atoms with Gasteiger partial charge in [-0.1, -0.05) is 25.3 Å². The molecule has 5 nitrogen and oxygen atoms in total. The molecule has 1 fully saturated rings. The topological polar surface area (TPSA) is 78.4 Å². The Morgan fingerprint density at radius 2 is 2.05 bits per heavy atom. The fourth-order valence-corrected chi connectivity index (χ4v) is 3.40. The lowest BCUT2D eigenvalue weighted by Gasteiger charge is -2.35. The summed E-state index contributed by atoms with van der Waals surface area (Å²) in [7, 11) is 0. The Balaban J connectivity index is 2.44. The van der Waals surface area contributed by atoms with E-state index in [-0.39, 0.29) is 11.2 Å². The molecular weight excluding hydrogens is 276 g/mol. The quantitative estimate of drug-likeness (QED) is 0.631. The van der Waals surface area contributed by atoms with Crippen molar-refractivity contribution in [2.45, 2.75) is 49.3 Å². The molecule has 1 atom stereocenters. The highest BCUT2D eigenvalue weighted by Crippen LogP contribution is 2.37. The van der Waals surface area contributed by atoms with Crippen LogP contribution in [0.1, 0.15) is 38.5 Å². The summed E-state index contributed by atoms with van der Waals surface area (Å²) in [5.41, 5.74) is 0. The van der Waals surface area contributed by atoms with Gasteiger partial charge in [0, 0.05) is 11.3 Å². The van der Waals surface area contributed by atoms with Crippen LogP contribution in [0.4, 0.5) is 4.79 Å². The number of hydrogen-bond acceptors (Lipinski definition) is 3. The zero-order valence-electron chi connectivity index (χ0n) is 12.0. The average Bonchev–Trinajstić information content (AvgIpc) is 2.45. The van der Waals surface area contributed by atoms with Crippen molar-refractivity contribution >= 4 is 23.8 Å². The normalized spacial score (nSPS) is 18.9. The highest BCUT2D eigenvalue weighted by atomic mass is 32.2. The molecule has 0 aromatic carbocycles. The van der Waals surface area contributed by atoms with E-state index in [0.717, 1.165) is 12.8 Å². The molecule has 1 saturated carbocycles. The first kappa shape index (κ1) is 16.9. The van der Waals surface area contributed by atoms with Crippen molar-refractivity contribution in [1.82, 2.24) is 10.6 Å². The molecule has 0 spiro atoms. The molecule has 0 aromatic heterocycles. The molecule has 114 valence electrons. The number of carbonyl (C=O) groups is 2. The standard InChI is InChI=1S/C14H24N2O3S/c1-3-7-11(12(17)18)16-13(19)15-10-14(20-2)8-5-4-6-9-14/h3,11H,1,4-10H2,2H3,(H,17,18)(H2,15,16,19). The number of carbonyl (C=O) groups excluding carboxylic acids is 1. The van der Waals surface area contributed by atoms with Gasteiger partial charge in [0.2, 0.25) is 0 Å². The second-order valence-corrected chi connectivity index (χ2v) is 6.46. The molecule has 6 heteroatoms. The third-order valence-electron chi connectivity index (χ3n) is 3.77.